The van der Waals surface area contributed by atoms with Crippen LogP contribution in [-0.4, -0.2) is 31.1 Å². The molecular weight excluding hydrogens is 268 g/mol. The fraction of sp³-hybridized carbons (Fsp3) is 0.500. The highest BCUT2D eigenvalue weighted by Crippen LogP contribution is 2.39. The highest BCUT2D eigenvalue weighted by atomic mass is 16.1. The van der Waals surface area contributed by atoms with E-state index in [1.54, 1.807) is 4.68 Å². The van der Waals surface area contributed by atoms with Crippen molar-refractivity contribution in [2.45, 2.75) is 44.6 Å². The molecule has 21 heavy (non-hydrogen) atoms. The number of anilines is 1. The van der Waals surface area contributed by atoms with Crippen LogP contribution in [0.25, 0.3) is 0 Å². The first-order valence-electron chi connectivity index (χ1n) is 7.29. The minimum atomic E-state index is -0.209. The van der Waals surface area contributed by atoms with Crippen LogP contribution < -0.4 is 5.32 Å². The first kappa shape index (κ1) is 12.4. The molecule has 0 unspecified atom stereocenters. The molecule has 0 aliphatic heterocycles. The summed E-state index contributed by atoms with van der Waals surface area (Å²) in [4.78, 5) is 16.9. The van der Waals surface area contributed by atoms with Gasteiger partial charge in [-0.1, -0.05) is 5.10 Å². The molecule has 0 saturated heterocycles. The quantitative estimate of drug-likeness (QED) is 0.925. The van der Waals surface area contributed by atoms with Crippen LogP contribution in [0.3, 0.4) is 0 Å². The number of tetrazole rings is 1. The van der Waals surface area contributed by atoms with Crippen molar-refractivity contribution in [1.29, 1.82) is 0 Å². The number of hydrogen-bond acceptors (Lipinski definition) is 5. The van der Waals surface area contributed by atoms with Crippen molar-refractivity contribution in [2.75, 3.05) is 5.32 Å². The topological polar surface area (TPSA) is 85.6 Å². The van der Waals surface area contributed by atoms with Gasteiger partial charge in [0, 0.05) is 11.6 Å². The van der Waals surface area contributed by atoms with Gasteiger partial charge in [0.05, 0.1) is 17.3 Å². The van der Waals surface area contributed by atoms with E-state index in [1.807, 2.05) is 19.1 Å². The monoisotopic (exact) mass is 284 g/mol. The van der Waals surface area contributed by atoms with Gasteiger partial charge < -0.3 is 0 Å². The van der Waals surface area contributed by atoms with Crippen LogP contribution in [0, 0.1) is 6.92 Å². The maximum Gasteiger partial charge on any atom is 0.259 e. The van der Waals surface area contributed by atoms with Crippen LogP contribution >= 0.6 is 0 Å². The van der Waals surface area contributed by atoms with Crippen LogP contribution in [0.5, 0.6) is 0 Å². The predicted octanol–water partition coefficient (Wildman–Crippen LogP) is 1.84. The van der Waals surface area contributed by atoms with E-state index in [0.29, 0.717) is 23.5 Å². The summed E-state index contributed by atoms with van der Waals surface area (Å²) in [7, 11) is 0. The average molecular weight is 284 g/mol. The van der Waals surface area contributed by atoms with Gasteiger partial charge in [0.15, 0.2) is 0 Å². The van der Waals surface area contributed by atoms with Gasteiger partial charge in [-0.15, -0.1) is 0 Å². The number of carbonyl (C=O) groups is 1. The Bertz CT molecular complexity index is 701. The van der Waals surface area contributed by atoms with E-state index in [0.717, 1.165) is 24.2 Å². The van der Waals surface area contributed by atoms with Crippen LogP contribution in [0.1, 0.15) is 59.4 Å². The van der Waals surface area contributed by atoms with Gasteiger partial charge in [0.1, 0.15) is 0 Å². The van der Waals surface area contributed by atoms with Crippen molar-refractivity contribution >= 4 is 11.9 Å². The minimum absolute atomic E-state index is 0.209. The lowest BCUT2D eigenvalue weighted by atomic mass is 10.1. The lowest BCUT2D eigenvalue weighted by Crippen LogP contribution is -2.18. The standard InChI is InChI=1S/C14H16N6O/c1-8-11(6-7-12(15-8)9-2-3-9)13(21)16-14-17-18-19-20(14)10-4-5-10/h6-7,9-10H,2-5H2,1H3,(H,16,17,19,21). The largest absolute Gasteiger partial charge is 0.289 e. The maximum atomic E-state index is 12.4. The Morgan fingerprint density at radius 1 is 1.29 bits per heavy atom. The van der Waals surface area contributed by atoms with Crippen LogP contribution in [0.2, 0.25) is 0 Å². The van der Waals surface area contributed by atoms with Crippen LogP contribution in [0.4, 0.5) is 5.95 Å². The zero-order valence-corrected chi connectivity index (χ0v) is 11.8. The molecule has 108 valence electrons. The third-order valence-electron chi connectivity index (χ3n) is 3.96. The van der Waals surface area contributed by atoms with Gasteiger partial charge in [-0.05, 0) is 55.2 Å². The van der Waals surface area contributed by atoms with Crippen LogP contribution in [-0.2, 0) is 0 Å². The Morgan fingerprint density at radius 2 is 2.10 bits per heavy atom. The molecule has 1 N–H and O–H groups in total. The van der Waals surface area contributed by atoms with Crippen LogP contribution in [0.15, 0.2) is 12.1 Å². The second-order valence-corrected chi connectivity index (χ2v) is 5.78. The molecule has 2 aliphatic carbocycles. The first-order chi connectivity index (χ1) is 10.2. The summed E-state index contributed by atoms with van der Waals surface area (Å²) in [5.74, 6) is 0.787. The summed E-state index contributed by atoms with van der Waals surface area (Å²) in [5.41, 5.74) is 2.42. The highest BCUT2D eigenvalue weighted by Gasteiger charge is 2.29. The molecule has 0 atom stereocenters. The fourth-order valence-corrected chi connectivity index (χ4v) is 2.44. The predicted molar refractivity (Wildman–Crippen MR) is 75.0 cm³/mol. The average Bonchev–Trinajstić information content (AvgIpc) is 3.38. The second-order valence-electron chi connectivity index (χ2n) is 5.78. The number of aryl methyl sites for hydroxylation is 1. The molecule has 7 heteroatoms. The highest BCUT2D eigenvalue weighted by molar-refractivity contribution is 6.04. The summed E-state index contributed by atoms with van der Waals surface area (Å²) >= 11 is 0. The summed E-state index contributed by atoms with van der Waals surface area (Å²) in [6, 6.07) is 4.12. The van der Waals surface area contributed by atoms with Crippen molar-refractivity contribution in [3.63, 3.8) is 0 Å². The third-order valence-corrected chi connectivity index (χ3v) is 3.96. The molecule has 7 nitrogen and oxygen atoms in total. The number of carbonyl (C=O) groups excluding carboxylic acids is 1. The lowest BCUT2D eigenvalue weighted by molar-refractivity contribution is 0.102. The summed E-state index contributed by atoms with van der Waals surface area (Å²) in [5, 5.41) is 14.2. The zero-order chi connectivity index (χ0) is 14.4. The SMILES string of the molecule is Cc1nc(C2CC2)ccc1C(=O)Nc1nnnn1C1CC1. The Hall–Kier alpha value is -2.31. The Labute approximate surface area is 121 Å². The van der Waals surface area contributed by atoms with E-state index in [-0.39, 0.29) is 5.91 Å². The first-order valence-corrected chi connectivity index (χ1v) is 7.29. The molecule has 2 aromatic heterocycles. The molecule has 1 amide bonds. The molecule has 2 fully saturated rings. The van der Waals surface area contributed by atoms with Gasteiger partial charge in [-0.3, -0.25) is 15.1 Å². The van der Waals surface area contributed by atoms with Gasteiger partial charge in [0.25, 0.3) is 5.91 Å². The smallest absolute Gasteiger partial charge is 0.259 e. The third kappa shape index (κ3) is 2.39. The van der Waals surface area contributed by atoms with E-state index in [9.17, 15) is 4.79 Å². The Kier molecular flexibility index (Phi) is 2.73. The van der Waals surface area contributed by atoms with E-state index >= 15 is 0 Å². The van der Waals surface area contributed by atoms with E-state index in [1.165, 1.54) is 12.8 Å². The van der Waals surface area contributed by atoms with Gasteiger partial charge >= 0.3 is 0 Å². The number of amides is 1. The Balaban J connectivity index is 1.55. The normalized spacial score (nSPS) is 17.8. The number of pyridine rings is 1. The molecule has 0 bridgehead atoms. The molecule has 2 aliphatic rings. The lowest BCUT2D eigenvalue weighted by Gasteiger charge is -2.08. The van der Waals surface area contributed by atoms with Gasteiger partial charge in [0.2, 0.25) is 5.95 Å². The van der Waals surface area contributed by atoms with Crippen molar-refractivity contribution in [1.82, 2.24) is 25.2 Å². The molecule has 2 aromatic rings. The molecule has 2 heterocycles. The maximum absolute atomic E-state index is 12.4. The molecule has 4 rings (SSSR count). The van der Waals surface area contributed by atoms with Crippen molar-refractivity contribution in [3.05, 3.63) is 29.1 Å². The molecule has 0 aromatic carbocycles. The summed E-state index contributed by atoms with van der Waals surface area (Å²) < 4.78 is 1.68. The number of nitrogens with zero attached hydrogens (tertiary/aromatic N) is 5. The summed E-state index contributed by atoms with van der Waals surface area (Å²) in [6.45, 7) is 1.87. The molecule has 2 saturated carbocycles. The minimum Gasteiger partial charge on any atom is -0.289 e. The zero-order valence-electron chi connectivity index (χ0n) is 11.8. The van der Waals surface area contributed by atoms with E-state index < -0.39 is 0 Å². The van der Waals surface area contributed by atoms with E-state index in [4.69, 9.17) is 0 Å². The van der Waals surface area contributed by atoms with Gasteiger partial charge in [-0.2, -0.15) is 0 Å². The van der Waals surface area contributed by atoms with E-state index in [2.05, 4.69) is 25.8 Å². The fourth-order valence-electron chi connectivity index (χ4n) is 2.44. The molecule has 0 radical (unpaired) electrons. The van der Waals surface area contributed by atoms with Crippen molar-refractivity contribution in [3.8, 4) is 0 Å². The molecule has 0 spiro atoms. The summed E-state index contributed by atoms with van der Waals surface area (Å²) in [6.07, 6.45) is 4.53. The van der Waals surface area contributed by atoms with Crippen molar-refractivity contribution < 1.29 is 4.79 Å². The second kappa shape index (κ2) is 4.61. The van der Waals surface area contributed by atoms with Gasteiger partial charge in [-0.25, -0.2) is 4.68 Å². The number of aromatic nitrogens is 5. The molecular formula is C14H16N6O. The van der Waals surface area contributed by atoms with Crippen molar-refractivity contribution in [2.24, 2.45) is 0 Å². The number of rotatable bonds is 4. The Morgan fingerprint density at radius 3 is 2.76 bits per heavy atom. The number of nitrogens with one attached hydrogen (secondary N) is 1. The number of hydrogen-bond donors (Lipinski definition) is 1.